The van der Waals surface area contributed by atoms with Crippen molar-refractivity contribution in [3.05, 3.63) is 98.0 Å². The first-order chi connectivity index (χ1) is 13.9. The van der Waals surface area contributed by atoms with E-state index in [-0.39, 0.29) is 5.91 Å². The lowest BCUT2D eigenvalue weighted by atomic mass is 10.1. The highest BCUT2D eigenvalue weighted by Crippen LogP contribution is 2.26. The normalized spacial score (nSPS) is 10.9. The van der Waals surface area contributed by atoms with Crippen molar-refractivity contribution in [1.82, 2.24) is 5.43 Å². The van der Waals surface area contributed by atoms with Gasteiger partial charge in [0.05, 0.1) is 11.2 Å². The lowest BCUT2D eigenvalue weighted by molar-refractivity contribution is 0.0955. The van der Waals surface area contributed by atoms with E-state index in [1.165, 1.54) is 6.21 Å². The number of nitrogens with zero attached hydrogens (tertiary/aromatic N) is 1. The Labute approximate surface area is 184 Å². The molecule has 0 heterocycles. The number of carbonyl (C=O) groups excluding carboxylic acids is 1. The van der Waals surface area contributed by atoms with Gasteiger partial charge in [0.2, 0.25) is 0 Å². The molecule has 3 aromatic rings. The number of hydrogen-bond donors (Lipinski definition) is 1. The first-order valence-corrected chi connectivity index (χ1v) is 9.82. The highest BCUT2D eigenvalue weighted by molar-refractivity contribution is 6.32. The van der Waals surface area contributed by atoms with E-state index < -0.39 is 0 Å². The number of aryl methyl sites for hydroxylation is 1. The molecule has 0 saturated heterocycles. The summed E-state index contributed by atoms with van der Waals surface area (Å²) in [5.74, 6) is 0.203. The van der Waals surface area contributed by atoms with E-state index in [0.29, 0.717) is 33.0 Å². The van der Waals surface area contributed by atoms with Gasteiger partial charge in [-0.1, -0.05) is 53.0 Å². The molecule has 148 valence electrons. The molecule has 1 amide bonds. The first kappa shape index (κ1) is 21.2. The van der Waals surface area contributed by atoms with Gasteiger partial charge in [-0.25, -0.2) is 5.43 Å². The van der Waals surface area contributed by atoms with Crippen LogP contribution in [0.3, 0.4) is 0 Å². The van der Waals surface area contributed by atoms with Crippen LogP contribution in [-0.4, -0.2) is 12.1 Å². The van der Waals surface area contributed by atoms with Crippen molar-refractivity contribution in [1.29, 1.82) is 0 Å². The molecule has 0 aliphatic carbocycles. The second-order valence-electron chi connectivity index (χ2n) is 6.27. The average molecular weight is 448 g/mol. The number of nitrogens with one attached hydrogen (secondary N) is 1. The number of rotatable bonds is 6. The summed E-state index contributed by atoms with van der Waals surface area (Å²) < 4.78 is 5.74. The van der Waals surface area contributed by atoms with E-state index in [2.05, 4.69) is 10.5 Å². The van der Waals surface area contributed by atoms with Crippen molar-refractivity contribution in [3.8, 4) is 5.75 Å². The average Bonchev–Trinajstić information content (AvgIpc) is 2.70. The molecule has 0 radical (unpaired) electrons. The van der Waals surface area contributed by atoms with Crippen molar-refractivity contribution in [2.45, 2.75) is 13.5 Å². The van der Waals surface area contributed by atoms with Gasteiger partial charge in [0.15, 0.2) is 0 Å². The molecule has 0 aliphatic heterocycles. The minimum absolute atomic E-state index is 0.350. The Bertz CT molecular complexity index is 1050. The molecule has 0 aromatic heterocycles. The topological polar surface area (TPSA) is 50.7 Å². The Morgan fingerprint density at radius 3 is 2.45 bits per heavy atom. The van der Waals surface area contributed by atoms with Crippen LogP contribution < -0.4 is 10.2 Å². The number of halogens is 3. The summed E-state index contributed by atoms with van der Waals surface area (Å²) in [4.78, 5) is 12.1. The predicted octanol–water partition coefficient (Wildman–Crippen LogP) is 6.30. The summed E-state index contributed by atoms with van der Waals surface area (Å²) in [6.07, 6.45) is 1.50. The third-order valence-electron chi connectivity index (χ3n) is 4.08. The summed E-state index contributed by atoms with van der Waals surface area (Å²) >= 11 is 18.2. The van der Waals surface area contributed by atoms with Crippen LogP contribution in [0.5, 0.6) is 5.75 Å². The number of hydrogen-bond acceptors (Lipinski definition) is 3. The van der Waals surface area contributed by atoms with Gasteiger partial charge in [0.1, 0.15) is 12.4 Å². The van der Waals surface area contributed by atoms with Gasteiger partial charge in [0, 0.05) is 15.6 Å². The largest absolute Gasteiger partial charge is 0.487 e. The minimum Gasteiger partial charge on any atom is -0.487 e. The molecule has 3 aromatic carbocycles. The van der Waals surface area contributed by atoms with Crippen LogP contribution in [0.4, 0.5) is 0 Å². The van der Waals surface area contributed by atoms with Crippen LogP contribution in [0.15, 0.2) is 65.8 Å². The lowest BCUT2D eigenvalue weighted by Gasteiger charge is -2.09. The maximum Gasteiger partial charge on any atom is 0.271 e. The lowest BCUT2D eigenvalue weighted by Crippen LogP contribution is -2.17. The molecule has 3 rings (SSSR count). The van der Waals surface area contributed by atoms with Crippen molar-refractivity contribution in [3.63, 3.8) is 0 Å². The standard InChI is InChI=1S/C22H17Cl3N2O2/c1-14-2-6-17(11-19(14)24)22(28)27-26-12-16-5-9-21(20(25)10-16)29-13-15-3-7-18(23)8-4-15/h2-12H,13H2,1H3,(H,27,28)/b26-12-. The van der Waals surface area contributed by atoms with E-state index in [0.717, 1.165) is 16.7 Å². The third-order valence-corrected chi connectivity index (χ3v) is 5.03. The second-order valence-corrected chi connectivity index (χ2v) is 7.52. The molecule has 0 spiro atoms. The van der Waals surface area contributed by atoms with Crippen molar-refractivity contribution in [2.75, 3.05) is 0 Å². The third kappa shape index (κ3) is 5.97. The Morgan fingerprint density at radius 2 is 1.76 bits per heavy atom. The van der Waals surface area contributed by atoms with Gasteiger partial charge < -0.3 is 4.74 Å². The highest BCUT2D eigenvalue weighted by Gasteiger charge is 2.07. The van der Waals surface area contributed by atoms with Crippen LogP contribution in [0.25, 0.3) is 0 Å². The molecule has 7 heteroatoms. The number of amides is 1. The zero-order valence-electron chi connectivity index (χ0n) is 15.5. The molecule has 0 unspecified atom stereocenters. The molecule has 0 atom stereocenters. The number of benzene rings is 3. The van der Waals surface area contributed by atoms with Crippen LogP contribution in [0.2, 0.25) is 15.1 Å². The number of ether oxygens (including phenoxy) is 1. The fraction of sp³-hybridized carbons (Fsp3) is 0.0909. The summed E-state index contributed by atoms with van der Waals surface area (Å²) in [5.41, 5.74) is 5.50. The molecular formula is C22H17Cl3N2O2. The van der Waals surface area contributed by atoms with E-state index in [1.807, 2.05) is 19.1 Å². The zero-order valence-corrected chi connectivity index (χ0v) is 17.7. The van der Waals surface area contributed by atoms with E-state index in [9.17, 15) is 4.79 Å². The van der Waals surface area contributed by atoms with E-state index in [4.69, 9.17) is 39.5 Å². The van der Waals surface area contributed by atoms with Gasteiger partial charge in [-0.2, -0.15) is 5.10 Å². The van der Waals surface area contributed by atoms with Gasteiger partial charge in [-0.05, 0) is 66.1 Å². The van der Waals surface area contributed by atoms with Crippen molar-refractivity contribution < 1.29 is 9.53 Å². The second kappa shape index (κ2) is 9.79. The predicted molar refractivity (Wildman–Crippen MR) is 118 cm³/mol. The number of hydrazone groups is 1. The van der Waals surface area contributed by atoms with Crippen LogP contribution in [0.1, 0.15) is 27.0 Å². The van der Waals surface area contributed by atoms with Crippen molar-refractivity contribution in [2.24, 2.45) is 5.10 Å². The monoisotopic (exact) mass is 446 g/mol. The molecule has 0 fully saturated rings. The fourth-order valence-electron chi connectivity index (χ4n) is 2.42. The van der Waals surface area contributed by atoms with Crippen LogP contribution in [0, 0.1) is 6.92 Å². The molecule has 0 saturated carbocycles. The van der Waals surface area contributed by atoms with Gasteiger partial charge >= 0.3 is 0 Å². The van der Waals surface area contributed by atoms with Crippen molar-refractivity contribution >= 4 is 46.9 Å². The Balaban J connectivity index is 1.58. The molecule has 29 heavy (non-hydrogen) atoms. The maximum atomic E-state index is 12.1. The molecule has 1 N–H and O–H groups in total. The van der Waals surface area contributed by atoms with Crippen LogP contribution in [-0.2, 0) is 6.61 Å². The van der Waals surface area contributed by atoms with E-state index >= 15 is 0 Å². The van der Waals surface area contributed by atoms with Gasteiger partial charge in [-0.3, -0.25) is 4.79 Å². The molecule has 0 aliphatic rings. The zero-order chi connectivity index (χ0) is 20.8. The highest BCUT2D eigenvalue weighted by atomic mass is 35.5. The Hall–Kier alpha value is -2.53. The quantitative estimate of drug-likeness (QED) is 0.356. The summed E-state index contributed by atoms with van der Waals surface area (Å²) in [6, 6.07) is 17.7. The first-order valence-electron chi connectivity index (χ1n) is 8.69. The smallest absolute Gasteiger partial charge is 0.271 e. The molecule has 4 nitrogen and oxygen atoms in total. The number of carbonyl (C=O) groups is 1. The SMILES string of the molecule is Cc1ccc(C(=O)N/N=C\c2ccc(OCc3ccc(Cl)cc3)c(Cl)c2)cc1Cl. The fourth-order valence-corrected chi connectivity index (χ4v) is 2.97. The maximum absolute atomic E-state index is 12.1. The summed E-state index contributed by atoms with van der Waals surface area (Å²) in [6.45, 7) is 2.24. The van der Waals surface area contributed by atoms with Crippen LogP contribution >= 0.6 is 34.8 Å². The summed E-state index contributed by atoms with van der Waals surface area (Å²) in [5, 5.41) is 5.61. The van der Waals surface area contributed by atoms with Gasteiger partial charge in [-0.15, -0.1) is 0 Å². The Morgan fingerprint density at radius 1 is 1.00 bits per heavy atom. The van der Waals surface area contributed by atoms with E-state index in [1.54, 1.807) is 48.5 Å². The summed E-state index contributed by atoms with van der Waals surface area (Å²) in [7, 11) is 0. The van der Waals surface area contributed by atoms with Gasteiger partial charge in [0.25, 0.3) is 5.91 Å². The molecular weight excluding hydrogens is 431 g/mol. The Kier molecular flexibility index (Phi) is 7.15. The minimum atomic E-state index is -0.350. The molecule has 0 bridgehead atoms.